The van der Waals surface area contributed by atoms with Crippen LogP contribution >= 0.6 is 0 Å². The summed E-state index contributed by atoms with van der Waals surface area (Å²) in [7, 11) is 0. The average molecular weight is 280 g/mol. The molecular formula is C13H20N4O3. The standard InChI is InChI=1S/C13H20N4O3/c18-12-9-16-11(8-17-12)13(19)15-4-1-7-20-10-2-5-14-6-3-10/h8-10,14H,1-7H2,(H,15,19)(H,17,18). The van der Waals surface area contributed by atoms with Crippen LogP contribution in [0.1, 0.15) is 29.8 Å². The predicted molar refractivity (Wildman–Crippen MR) is 73.7 cm³/mol. The van der Waals surface area contributed by atoms with E-state index in [-0.39, 0.29) is 17.2 Å². The van der Waals surface area contributed by atoms with Gasteiger partial charge in [-0.15, -0.1) is 0 Å². The first-order valence-electron chi connectivity index (χ1n) is 6.91. The summed E-state index contributed by atoms with van der Waals surface area (Å²) in [5.41, 5.74) is -0.110. The highest BCUT2D eigenvalue weighted by molar-refractivity contribution is 5.91. The lowest BCUT2D eigenvalue weighted by Crippen LogP contribution is -2.33. The largest absolute Gasteiger partial charge is 0.378 e. The van der Waals surface area contributed by atoms with Crippen molar-refractivity contribution in [2.24, 2.45) is 0 Å². The maximum Gasteiger partial charge on any atom is 0.271 e. The second-order valence-corrected chi connectivity index (χ2v) is 4.73. The van der Waals surface area contributed by atoms with Crippen LogP contribution in [0.15, 0.2) is 17.2 Å². The molecule has 0 saturated carbocycles. The van der Waals surface area contributed by atoms with Gasteiger partial charge in [-0.2, -0.15) is 0 Å². The Morgan fingerprint density at radius 1 is 1.45 bits per heavy atom. The van der Waals surface area contributed by atoms with Gasteiger partial charge in [0.15, 0.2) is 0 Å². The molecule has 0 aliphatic carbocycles. The minimum atomic E-state index is -0.322. The summed E-state index contributed by atoms with van der Waals surface area (Å²) in [5.74, 6) is -0.289. The van der Waals surface area contributed by atoms with Gasteiger partial charge in [-0.1, -0.05) is 0 Å². The summed E-state index contributed by atoms with van der Waals surface area (Å²) < 4.78 is 5.73. The highest BCUT2D eigenvalue weighted by atomic mass is 16.5. The van der Waals surface area contributed by atoms with Crippen molar-refractivity contribution in [3.05, 3.63) is 28.4 Å². The van der Waals surface area contributed by atoms with E-state index < -0.39 is 0 Å². The Hall–Kier alpha value is -1.73. The number of piperidine rings is 1. The minimum absolute atomic E-state index is 0.212. The summed E-state index contributed by atoms with van der Waals surface area (Å²) >= 11 is 0. The van der Waals surface area contributed by atoms with E-state index in [9.17, 15) is 9.59 Å². The van der Waals surface area contributed by atoms with E-state index in [0.717, 1.165) is 38.5 Å². The number of rotatable bonds is 6. The summed E-state index contributed by atoms with van der Waals surface area (Å²) in [6.07, 6.45) is 5.60. The first-order chi connectivity index (χ1) is 9.75. The maximum absolute atomic E-state index is 11.7. The number of nitrogens with one attached hydrogen (secondary N) is 3. The number of H-pyrrole nitrogens is 1. The number of amides is 1. The van der Waals surface area contributed by atoms with Crippen LogP contribution in [0.25, 0.3) is 0 Å². The second kappa shape index (κ2) is 7.76. The van der Waals surface area contributed by atoms with Crippen molar-refractivity contribution in [3.63, 3.8) is 0 Å². The molecule has 110 valence electrons. The average Bonchev–Trinajstić information content (AvgIpc) is 2.48. The van der Waals surface area contributed by atoms with Gasteiger partial charge in [-0.05, 0) is 32.4 Å². The molecule has 0 bridgehead atoms. The van der Waals surface area contributed by atoms with Gasteiger partial charge >= 0.3 is 0 Å². The zero-order chi connectivity index (χ0) is 14.2. The third kappa shape index (κ3) is 4.75. The fourth-order valence-electron chi connectivity index (χ4n) is 2.04. The van der Waals surface area contributed by atoms with Crippen LogP contribution < -0.4 is 16.2 Å². The Morgan fingerprint density at radius 2 is 2.25 bits per heavy atom. The first-order valence-corrected chi connectivity index (χ1v) is 6.91. The number of hydrogen-bond acceptors (Lipinski definition) is 5. The molecule has 1 aliphatic rings. The van der Waals surface area contributed by atoms with E-state index >= 15 is 0 Å². The lowest BCUT2D eigenvalue weighted by atomic mass is 10.1. The van der Waals surface area contributed by atoms with E-state index in [1.807, 2.05) is 0 Å². The molecule has 20 heavy (non-hydrogen) atoms. The van der Waals surface area contributed by atoms with Gasteiger partial charge in [-0.3, -0.25) is 9.59 Å². The van der Waals surface area contributed by atoms with Crippen molar-refractivity contribution >= 4 is 5.91 Å². The van der Waals surface area contributed by atoms with Gasteiger partial charge in [-0.25, -0.2) is 4.98 Å². The van der Waals surface area contributed by atoms with Gasteiger partial charge in [0.2, 0.25) is 0 Å². The molecule has 0 spiro atoms. The zero-order valence-electron chi connectivity index (χ0n) is 11.4. The van der Waals surface area contributed by atoms with E-state index in [4.69, 9.17) is 4.74 Å². The number of hydrogen-bond donors (Lipinski definition) is 3. The van der Waals surface area contributed by atoms with Gasteiger partial charge in [0.05, 0.1) is 12.3 Å². The minimum Gasteiger partial charge on any atom is -0.378 e. The van der Waals surface area contributed by atoms with Crippen molar-refractivity contribution in [2.75, 3.05) is 26.2 Å². The van der Waals surface area contributed by atoms with Crippen molar-refractivity contribution in [1.82, 2.24) is 20.6 Å². The van der Waals surface area contributed by atoms with Gasteiger partial charge in [0, 0.05) is 19.3 Å². The number of aromatic amines is 1. The van der Waals surface area contributed by atoms with Gasteiger partial charge in [0.1, 0.15) is 5.69 Å². The van der Waals surface area contributed by atoms with Crippen molar-refractivity contribution < 1.29 is 9.53 Å². The maximum atomic E-state index is 11.7. The van der Waals surface area contributed by atoms with Crippen LogP contribution in [-0.2, 0) is 4.74 Å². The number of nitrogens with zero attached hydrogens (tertiary/aromatic N) is 1. The van der Waals surface area contributed by atoms with Crippen LogP contribution in [0.3, 0.4) is 0 Å². The molecule has 7 heteroatoms. The normalized spacial score (nSPS) is 16.0. The molecule has 1 fully saturated rings. The topological polar surface area (TPSA) is 96.1 Å². The van der Waals surface area contributed by atoms with Crippen LogP contribution in [0.4, 0.5) is 0 Å². The molecular weight excluding hydrogens is 260 g/mol. The number of carbonyl (C=O) groups excluding carboxylic acids is 1. The van der Waals surface area contributed by atoms with Crippen LogP contribution in [0.2, 0.25) is 0 Å². The highest BCUT2D eigenvalue weighted by Gasteiger charge is 2.12. The molecule has 1 aliphatic heterocycles. The monoisotopic (exact) mass is 280 g/mol. The van der Waals surface area contributed by atoms with Gasteiger partial charge in [0.25, 0.3) is 11.5 Å². The van der Waals surface area contributed by atoms with Gasteiger partial charge < -0.3 is 20.4 Å². The van der Waals surface area contributed by atoms with Crippen molar-refractivity contribution in [2.45, 2.75) is 25.4 Å². The fraction of sp³-hybridized carbons (Fsp3) is 0.615. The Labute approximate surface area is 117 Å². The Balaban J connectivity index is 1.59. The molecule has 2 rings (SSSR count). The van der Waals surface area contributed by atoms with E-state index in [2.05, 4.69) is 20.6 Å². The molecule has 2 heterocycles. The lowest BCUT2D eigenvalue weighted by Gasteiger charge is -2.22. The van der Waals surface area contributed by atoms with E-state index in [1.54, 1.807) is 0 Å². The van der Waals surface area contributed by atoms with Crippen molar-refractivity contribution in [3.8, 4) is 0 Å². The second-order valence-electron chi connectivity index (χ2n) is 4.73. The summed E-state index contributed by atoms with van der Waals surface area (Å²) in [6, 6.07) is 0. The molecule has 0 unspecified atom stereocenters. The first kappa shape index (κ1) is 14.7. The molecule has 3 N–H and O–H groups in total. The molecule has 1 amide bonds. The predicted octanol–water partition coefficient (Wildman–Crippen LogP) is -0.342. The summed E-state index contributed by atoms with van der Waals surface area (Å²) in [4.78, 5) is 28.7. The Kier molecular flexibility index (Phi) is 5.69. The molecule has 7 nitrogen and oxygen atoms in total. The number of aromatic nitrogens is 2. The molecule has 0 atom stereocenters. The zero-order valence-corrected chi connectivity index (χ0v) is 11.4. The van der Waals surface area contributed by atoms with Crippen molar-refractivity contribution in [1.29, 1.82) is 0 Å². The highest BCUT2D eigenvalue weighted by Crippen LogP contribution is 2.07. The quantitative estimate of drug-likeness (QED) is 0.619. The Morgan fingerprint density at radius 3 is 2.95 bits per heavy atom. The van der Waals surface area contributed by atoms with Crippen LogP contribution in [0.5, 0.6) is 0 Å². The SMILES string of the molecule is O=C(NCCCOC1CCNCC1)c1c[nH]c(=O)cn1. The third-order valence-corrected chi connectivity index (χ3v) is 3.15. The summed E-state index contributed by atoms with van der Waals surface area (Å²) in [5, 5.41) is 6.02. The molecule has 0 aromatic carbocycles. The number of ether oxygens (including phenoxy) is 1. The third-order valence-electron chi connectivity index (χ3n) is 3.15. The van der Waals surface area contributed by atoms with Crippen LogP contribution in [0, 0.1) is 0 Å². The molecule has 1 aromatic heterocycles. The molecule has 1 saturated heterocycles. The fourth-order valence-corrected chi connectivity index (χ4v) is 2.04. The Bertz CT molecular complexity index is 462. The van der Waals surface area contributed by atoms with Crippen LogP contribution in [-0.4, -0.2) is 48.2 Å². The summed E-state index contributed by atoms with van der Waals surface area (Å²) in [6.45, 7) is 3.20. The molecule has 0 radical (unpaired) electrons. The number of carbonyl (C=O) groups is 1. The smallest absolute Gasteiger partial charge is 0.271 e. The molecule has 1 aromatic rings. The van der Waals surface area contributed by atoms with E-state index in [1.165, 1.54) is 6.20 Å². The van der Waals surface area contributed by atoms with E-state index in [0.29, 0.717) is 19.3 Å². The lowest BCUT2D eigenvalue weighted by molar-refractivity contribution is 0.0317.